The highest BCUT2D eigenvalue weighted by Gasteiger charge is 2.21. The highest BCUT2D eigenvalue weighted by Crippen LogP contribution is 2.19. The fraction of sp³-hybridized carbons (Fsp3) is 0.600. The monoisotopic (exact) mass is 232 g/mol. The van der Waals surface area contributed by atoms with Crippen molar-refractivity contribution in [3.05, 3.63) is 29.8 Å². The van der Waals surface area contributed by atoms with Crippen LogP contribution in [0.25, 0.3) is 0 Å². The molecule has 2 nitrogen and oxygen atoms in total. The van der Waals surface area contributed by atoms with E-state index in [0.717, 1.165) is 12.6 Å². The fourth-order valence-corrected chi connectivity index (χ4v) is 2.76. The van der Waals surface area contributed by atoms with Gasteiger partial charge < -0.3 is 5.32 Å². The second-order valence-corrected chi connectivity index (χ2v) is 4.98. The van der Waals surface area contributed by atoms with E-state index in [1.54, 1.807) is 0 Å². The summed E-state index contributed by atoms with van der Waals surface area (Å²) in [6.07, 6.45) is 4.06. The van der Waals surface area contributed by atoms with Crippen molar-refractivity contribution >= 4 is 5.69 Å². The average molecular weight is 232 g/mol. The van der Waals surface area contributed by atoms with Gasteiger partial charge in [0.25, 0.3) is 0 Å². The number of anilines is 1. The summed E-state index contributed by atoms with van der Waals surface area (Å²) in [5, 5.41) is 3.54. The van der Waals surface area contributed by atoms with Gasteiger partial charge in [-0.1, -0.05) is 25.1 Å². The Morgan fingerprint density at radius 3 is 2.94 bits per heavy atom. The Balaban J connectivity index is 1.78. The van der Waals surface area contributed by atoms with E-state index in [1.807, 2.05) is 0 Å². The van der Waals surface area contributed by atoms with Crippen LogP contribution in [0.4, 0.5) is 5.69 Å². The molecule has 2 rings (SSSR count). The van der Waals surface area contributed by atoms with Gasteiger partial charge in [-0.25, -0.2) is 0 Å². The molecule has 0 aliphatic carbocycles. The predicted molar refractivity (Wildman–Crippen MR) is 74.6 cm³/mol. The van der Waals surface area contributed by atoms with E-state index in [9.17, 15) is 0 Å². The van der Waals surface area contributed by atoms with Crippen molar-refractivity contribution in [3.8, 4) is 0 Å². The molecule has 17 heavy (non-hydrogen) atoms. The molecule has 1 unspecified atom stereocenters. The average Bonchev–Trinajstić information content (AvgIpc) is 2.79. The second kappa shape index (κ2) is 6.06. The molecule has 1 aromatic carbocycles. The van der Waals surface area contributed by atoms with Crippen LogP contribution in [0.5, 0.6) is 0 Å². The van der Waals surface area contributed by atoms with Crippen LogP contribution in [0.3, 0.4) is 0 Å². The van der Waals surface area contributed by atoms with E-state index in [4.69, 9.17) is 0 Å². The molecule has 0 spiro atoms. The van der Waals surface area contributed by atoms with Crippen molar-refractivity contribution in [2.45, 2.75) is 39.2 Å². The molecule has 1 aliphatic rings. The smallest absolute Gasteiger partial charge is 0.0370 e. The van der Waals surface area contributed by atoms with Gasteiger partial charge in [-0.3, -0.25) is 4.90 Å². The lowest BCUT2D eigenvalue weighted by molar-refractivity contribution is 0.258. The number of hydrogen-bond donors (Lipinski definition) is 1. The molecular weight excluding hydrogens is 208 g/mol. The Morgan fingerprint density at radius 2 is 2.18 bits per heavy atom. The number of aryl methyl sites for hydroxylation is 1. The van der Waals surface area contributed by atoms with E-state index < -0.39 is 0 Å². The number of rotatable bonds is 5. The molecule has 1 heterocycles. The fourth-order valence-electron chi connectivity index (χ4n) is 2.76. The van der Waals surface area contributed by atoms with Gasteiger partial charge in [0.1, 0.15) is 0 Å². The second-order valence-electron chi connectivity index (χ2n) is 4.98. The van der Waals surface area contributed by atoms with Gasteiger partial charge in [0.2, 0.25) is 0 Å². The number of para-hydroxylation sites is 1. The van der Waals surface area contributed by atoms with E-state index in [1.165, 1.54) is 43.6 Å². The number of nitrogens with one attached hydrogen (secondary N) is 1. The summed E-state index contributed by atoms with van der Waals surface area (Å²) in [5.41, 5.74) is 2.61. The summed E-state index contributed by atoms with van der Waals surface area (Å²) in [5.74, 6) is 0. The van der Waals surface area contributed by atoms with Gasteiger partial charge >= 0.3 is 0 Å². The van der Waals surface area contributed by atoms with Crippen molar-refractivity contribution in [2.24, 2.45) is 0 Å². The molecule has 0 amide bonds. The van der Waals surface area contributed by atoms with Crippen molar-refractivity contribution in [1.29, 1.82) is 0 Å². The van der Waals surface area contributed by atoms with E-state index in [2.05, 4.69) is 48.3 Å². The van der Waals surface area contributed by atoms with Crippen LogP contribution in [-0.2, 0) is 0 Å². The third-order valence-corrected chi connectivity index (χ3v) is 3.83. The molecule has 1 aromatic rings. The van der Waals surface area contributed by atoms with E-state index in [-0.39, 0.29) is 0 Å². The van der Waals surface area contributed by atoms with Crippen LogP contribution in [0, 0.1) is 6.92 Å². The first-order chi connectivity index (χ1) is 8.31. The van der Waals surface area contributed by atoms with Crippen LogP contribution in [0.2, 0.25) is 0 Å². The molecule has 1 fully saturated rings. The van der Waals surface area contributed by atoms with Gasteiger partial charge in [-0.15, -0.1) is 0 Å². The zero-order valence-corrected chi connectivity index (χ0v) is 11.1. The first-order valence-corrected chi connectivity index (χ1v) is 6.85. The summed E-state index contributed by atoms with van der Waals surface area (Å²) < 4.78 is 0. The molecule has 0 radical (unpaired) electrons. The zero-order chi connectivity index (χ0) is 12.1. The first-order valence-electron chi connectivity index (χ1n) is 6.85. The Labute approximate surface area is 105 Å². The maximum absolute atomic E-state index is 3.54. The van der Waals surface area contributed by atoms with Crippen molar-refractivity contribution in [1.82, 2.24) is 4.90 Å². The summed E-state index contributed by atoms with van der Waals surface area (Å²) in [7, 11) is 0. The van der Waals surface area contributed by atoms with E-state index >= 15 is 0 Å². The lowest BCUT2D eigenvalue weighted by Crippen LogP contribution is -2.33. The van der Waals surface area contributed by atoms with Crippen molar-refractivity contribution in [2.75, 3.05) is 25.0 Å². The third-order valence-electron chi connectivity index (χ3n) is 3.83. The topological polar surface area (TPSA) is 15.3 Å². The Morgan fingerprint density at radius 1 is 1.35 bits per heavy atom. The molecule has 0 aromatic heterocycles. The van der Waals surface area contributed by atoms with Crippen LogP contribution in [-0.4, -0.2) is 30.6 Å². The number of likely N-dealkylation sites (tertiary alicyclic amines) is 1. The molecule has 1 saturated heterocycles. The lowest BCUT2D eigenvalue weighted by Gasteiger charge is -2.23. The normalized spacial score (nSPS) is 20.7. The number of benzene rings is 1. The lowest BCUT2D eigenvalue weighted by atomic mass is 10.2. The predicted octanol–water partition coefficient (Wildman–Crippen LogP) is 3.28. The maximum Gasteiger partial charge on any atom is 0.0370 e. The number of nitrogens with zero attached hydrogens (tertiary/aromatic N) is 1. The van der Waals surface area contributed by atoms with Gasteiger partial charge in [0.05, 0.1) is 0 Å². The molecular formula is C15H24N2. The summed E-state index contributed by atoms with van der Waals surface area (Å²) in [6, 6.07) is 9.34. The summed E-state index contributed by atoms with van der Waals surface area (Å²) in [4.78, 5) is 2.63. The minimum absolute atomic E-state index is 0.827. The standard InChI is InChI=1S/C15H24N2/c1-3-14-8-6-11-17(14)12-10-16-15-9-5-4-7-13(15)2/h4-5,7,9,14,16H,3,6,8,10-12H2,1-2H3. The maximum atomic E-state index is 3.54. The highest BCUT2D eigenvalue weighted by atomic mass is 15.2. The highest BCUT2D eigenvalue weighted by molar-refractivity contribution is 5.50. The Bertz CT molecular complexity index is 349. The molecule has 1 aliphatic heterocycles. The van der Waals surface area contributed by atoms with Crippen molar-refractivity contribution in [3.63, 3.8) is 0 Å². The molecule has 1 atom stereocenters. The van der Waals surface area contributed by atoms with Gasteiger partial charge in [-0.05, 0) is 44.4 Å². The van der Waals surface area contributed by atoms with Crippen LogP contribution >= 0.6 is 0 Å². The zero-order valence-electron chi connectivity index (χ0n) is 11.1. The molecule has 94 valence electrons. The summed E-state index contributed by atoms with van der Waals surface area (Å²) >= 11 is 0. The van der Waals surface area contributed by atoms with Crippen LogP contribution in [0.15, 0.2) is 24.3 Å². The molecule has 2 heteroatoms. The number of hydrogen-bond acceptors (Lipinski definition) is 2. The van der Waals surface area contributed by atoms with Crippen LogP contribution in [0.1, 0.15) is 31.7 Å². The van der Waals surface area contributed by atoms with Gasteiger partial charge in [0.15, 0.2) is 0 Å². The van der Waals surface area contributed by atoms with Crippen molar-refractivity contribution < 1.29 is 0 Å². The summed E-state index contributed by atoms with van der Waals surface area (Å²) in [6.45, 7) is 7.98. The Kier molecular flexibility index (Phi) is 4.43. The SMILES string of the molecule is CCC1CCCN1CCNc1ccccc1C. The molecule has 0 saturated carbocycles. The minimum Gasteiger partial charge on any atom is -0.384 e. The molecule has 0 bridgehead atoms. The third kappa shape index (κ3) is 3.22. The first kappa shape index (κ1) is 12.4. The van der Waals surface area contributed by atoms with Gasteiger partial charge in [0, 0.05) is 24.8 Å². The Hall–Kier alpha value is -1.02. The van der Waals surface area contributed by atoms with Crippen LogP contribution < -0.4 is 5.32 Å². The van der Waals surface area contributed by atoms with Gasteiger partial charge in [-0.2, -0.15) is 0 Å². The van der Waals surface area contributed by atoms with E-state index in [0.29, 0.717) is 0 Å². The molecule has 1 N–H and O–H groups in total. The minimum atomic E-state index is 0.827. The largest absolute Gasteiger partial charge is 0.384 e. The quantitative estimate of drug-likeness (QED) is 0.838.